The van der Waals surface area contributed by atoms with E-state index in [9.17, 15) is 23.6 Å². The number of halogens is 2. The number of nitrogens with zero attached hydrogens (tertiary/aromatic N) is 1. The molecule has 6 nitrogen and oxygen atoms in total. The predicted octanol–water partition coefficient (Wildman–Crippen LogP) is 4.15. The summed E-state index contributed by atoms with van der Waals surface area (Å²) in [6, 6.07) is 13.9. The van der Waals surface area contributed by atoms with Crippen LogP contribution in [0.5, 0.6) is 0 Å². The summed E-state index contributed by atoms with van der Waals surface area (Å²) in [4.78, 5) is 25.1. The third-order valence-electron chi connectivity index (χ3n) is 7.15. The van der Waals surface area contributed by atoms with Crippen molar-refractivity contribution in [3.8, 4) is 6.07 Å². The number of benzene rings is 2. The average Bonchev–Trinajstić information content (AvgIpc) is 2.88. The Balaban J connectivity index is 1.29. The van der Waals surface area contributed by atoms with Gasteiger partial charge in [-0.2, -0.15) is 5.26 Å². The lowest BCUT2D eigenvalue weighted by atomic mass is 9.80. The van der Waals surface area contributed by atoms with Gasteiger partial charge in [0.1, 0.15) is 0 Å². The average molecular weight is 493 g/mol. The highest BCUT2D eigenvalue weighted by Crippen LogP contribution is 2.35. The minimum absolute atomic E-state index is 0.0123. The van der Waals surface area contributed by atoms with E-state index < -0.39 is 17.6 Å². The number of hydrogen-bond acceptors (Lipinski definition) is 4. The van der Waals surface area contributed by atoms with Crippen LogP contribution in [0, 0.1) is 23.0 Å². The Labute approximate surface area is 209 Å². The fourth-order valence-corrected chi connectivity index (χ4v) is 5.33. The van der Waals surface area contributed by atoms with Crippen molar-refractivity contribution in [1.29, 1.82) is 5.26 Å². The molecule has 2 aliphatic rings. The number of amides is 2. The van der Waals surface area contributed by atoms with Gasteiger partial charge in [0.05, 0.1) is 11.6 Å². The molecule has 0 unspecified atom stereocenters. The van der Waals surface area contributed by atoms with Crippen molar-refractivity contribution in [2.24, 2.45) is 0 Å². The molecule has 0 aromatic heterocycles. The van der Waals surface area contributed by atoms with E-state index in [-0.39, 0.29) is 18.2 Å². The van der Waals surface area contributed by atoms with Crippen LogP contribution in [0.4, 0.5) is 8.78 Å². The molecule has 188 valence electrons. The van der Waals surface area contributed by atoms with Gasteiger partial charge in [-0.15, -0.1) is 0 Å². The molecule has 8 heteroatoms. The third kappa shape index (κ3) is 5.80. The Morgan fingerprint density at radius 3 is 2.56 bits per heavy atom. The first kappa shape index (κ1) is 25.5. The monoisotopic (exact) mass is 492 g/mol. The number of nitriles is 1. The number of nitrogens with one attached hydrogen (secondary N) is 3. The number of allylic oxidation sites excluding steroid dienone is 1. The molecule has 0 saturated heterocycles. The quantitative estimate of drug-likeness (QED) is 0.507. The van der Waals surface area contributed by atoms with Crippen LogP contribution in [0.3, 0.4) is 0 Å². The van der Waals surface area contributed by atoms with Crippen molar-refractivity contribution in [2.75, 3.05) is 13.1 Å². The standard InChI is InChI=1S/C28H30F2N4O2/c1-17-27(23(15-26(35)34-17)19-8-11-24(29)25(30)14-19)28(36)33-13-12-32-21-9-6-18(7-10-21)22-5-3-2-4-20(22)16-31/h2-5,8,11,14,18,21,23,32H,6-7,9-10,12-13,15H2,1H3,(H,33,36)(H,34,35)/t18?,21?,23-/m0/s1. The highest BCUT2D eigenvalue weighted by molar-refractivity contribution is 5.99. The van der Waals surface area contributed by atoms with Gasteiger partial charge in [-0.05, 0) is 67.9 Å². The molecule has 0 bridgehead atoms. The molecule has 1 fully saturated rings. The van der Waals surface area contributed by atoms with Crippen molar-refractivity contribution < 1.29 is 18.4 Å². The van der Waals surface area contributed by atoms with Gasteiger partial charge >= 0.3 is 0 Å². The van der Waals surface area contributed by atoms with Gasteiger partial charge in [-0.25, -0.2) is 8.78 Å². The SMILES string of the molecule is CC1=C(C(=O)NCCNC2CCC(c3ccccc3C#N)CC2)[C@H](c2ccc(F)c(F)c2)CC(=O)N1. The molecule has 2 amide bonds. The first-order valence-electron chi connectivity index (χ1n) is 12.3. The highest BCUT2D eigenvalue weighted by Gasteiger charge is 2.32. The van der Waals surface area contributed by atoms with Crippen molar-refractivity contribution in [3.63, 3.8) is 0 Å². The maximum absolute atomic E-state index is 13.8. The molecule has 1 saturated carbocycles. The van der Waals surface area contributed by atoms with Crippen LogP contribution in [0.1, 0.15) is 67.6 Å². The Morgan fingerprint density at radius 1 is 1.08 bits per heavy atom. The second kappa shape index (κ2) is 11.4. The van der Waals surface area contributed by atoms with E-state index >= 15 is 0 Å². The van der Waals surface area contributed by atoms with Gasteiger partial charge in [0.2, 0.25) is 11.8 Å². The lowest BCUT2D eigenvalue weighted by Crippen LogP contribution is -2.41. The topological polar surface area (TPSA) is 94.0 Å². The normalized spacial score (nSPS) is 22.1. The number of rotatable bonds is 7. The molecule has 2 aromatic rings. The molecule has 1 heterocycles. The number of hydrogen-bond donors (Lipinski definition) is 3. The van der Waals surface area contributed by atoms with Crippen LogP contribution in [0.2, 0.25) is 0 Å². The van der Waals surface area contributed by atoms with Gasteiger partial charge in [0.15, 0.2) is 11.6 Å². The zero-order chi connectivity index (χ0) is 25.7. The fourth-order valence-electron chi connectivity index (χ4n) is 5.33. The van der Waals surface area contributed by atoms with Crippen molar-refractivity contribution >= 4 is 11.8 Å². The van der Waals surface area contributed by atoms with Crippen LogP contribution < -0.4 is 16.0 Å². The minimum atomic E-state index is -1.01. The number of carbonyl (C=O) groups excluding carboxylic acids is 2. The summed E-state index contributed by atoms with van der Waals surface area (Å²) >= 11 is 0. The van der Waals surface area contributed by atoms with Crippen LogP contribution in [0.25, 0.3) is 0 Å². The lowest BCUT2D eigenvalue weighted by molar-refractivity contribution is -0.121. The zero-order valence-electron chi connectivity index (χ0n) is 20.2. The summed E-state index contributed by atoms with van der Waals surface area (Å²) in [5.41, 5.74) is 3.05. The molecule has 1 aliphatic heterocycles. The molecule has 1 atom stereocenters. The summed E-state index contributed by atoms with van der Waals surface area (Å²) < 4.78 is 27.2. The summed E-state index contributed by atoms with van der Waals surface area (Å²) in [6.07, 6.45) is 3.98. The maximum atomic E-state index is 13.8. The predicted molar refractivity (Wildman–Crippen MR) is 132 cm³/mol. The van der Waals surface area contributed by atoms with Gasteiger partial charge in [0.25, 0.3) is 0 Å². The van der Waals surface area contributed by atoms with E-state index in [0.717, 1.165) is 48.9 Å². The van der Waals surface area contributed by atoms with Crippen LogP contribution in [-0.4, -0.2) is 30.9 Å². The van der Waals surface area contributed by atoms with E-state index in [4.69, 9.17) is 0 Å². The smallest absolute Gasteiger partial charge is 0.249 e. The Morgan fingerprint density at radius 2 is 1.83 bits per heavy atom. The van der Waals surface area contributed by atoms with E-state index in [1.165, 1.54) is 6.07 Å². The van der Waals surface area contributed by atoms with Crippen LogP contribution in [0.15, 0.2) is 53.7 Å². The van der Waals surface area contributed by atoms with Gasteiger partial charge in [-0.1, -0.05) is 24.3 Å². The van der Waals surface area contributed by atoms with Crippen molar-refractivity contribution in [2.45, 2.75) is 56.9 Å². The lowest BCUT2D eigenvalue weighted by Gasteiger charge is -2.30. The minimum Gasteiger partial charge on any atom is -0.351 e. The summed E-state index contributed by atoms with van der Waals surface area (Å²) in [7, 11) is 0. The second-order valence-corrected chi connectivity index (χ2v) is 9.47. The zero-order valence-corrected chi connectivity index (χ0v) is 20.2. The van der Waals surface area contributed by atoms with Gasteiger partial charge in [-0.3, -0.25) is 9.59 Å². The molecule has 3 N–H and O–H groups in total. The summed E-state index contributed by atoms with van der Waals surface area (Å²) in [6.45, 7) is 2.62. The van der Waals surface area contributed by atoms with E-state index in [1.807, 2.05) is 24.3 Å². The van der Waals surface area contributed by atoms with Crippen LogP contribution >= 0.6 is 0 Å². The Kier molecular flexibility index (Phi) is 8.11. The molecule has 36 heavy (non-hydrogen) atoms. The van der Waals surface area contributed by atoms with Crippen LogP contribution in [-0.2, 0) is 9.59 Å². The highest BCUT2D eigenvalue weighted by atomic mass is 19.2. The Hall–Kier alpha value is -3.57. The largest absolute Gasteiger partial charge is 0.351 e. The molecule has 0 spiro atoms. The second-order valence-electron chi connectivity index (χ2n) is 9.47. The molecule has 4 rings (SSSR count). The summed E-state index contributed by atoms with van der Waals surface area (Å²) in [5, 5.41) is 18.4. The Bertz CT molecular complexity index is 1210. The molecule has 1 aliphatic carbocycles. The van der Waals surface area contributed by atoms with Crippen molar-refractivity contribution in [1.82, 2.24) is 16.0 Å². The number of carbonyl (C=O) groups is 2. The molecule has 2 aromatic carbocycles. The maximum Gasteiger partial charge on any atom is 0.249 e. The third-order valence-corrected chi connectivity index (χ3v) is 7.15. The first-order chi connectivity index (χ1) is 17.4. The summed E-state index contributed by atoms with van der Waals surface area (Å²) in [5.74, 6) is -2.84. The molecule has 0 radical (unpaired) electrons. The van der Waals surface area contributed by atoms with Gasteiger partial charge < -0.3 is 16.0 Å². The van der Waals surface area contributed by atoms with Crippen molar-refractivity contribution in [3.05, 3.63) is 82.1 Å². The van der Waals surface area contributed by atoms with E-state index in [2.05, 4.69) is 22.0 Å². The van der Waals surface area contributed by atoms with E-state index in [0.29, 0.717) is 41.9 Å². The fraction of sp³-hybridized carbons (Fsp3) is 0.393. The first-order valence-corrected chi connectivity index (χ1v) is 12.3. The van der Waals surface area contributed by atoms with Gasteiger partial charge in [0, 0.05) is 42.7 Å². The van der Waals surface area contributed by atoms with E-state index in [1.54, 1.807) is 6.92 Å². The molecular formula is C28H30F2N4O2. The molecular weight excluding hydrogens is 462 g/mol.